The van der Waals surface area contributed by atoms with Crippen molar-refractivity contribution >= 4 is 17.5 Å². The van der Waals surface area contributed by atoms with Gasteiger partial charge >= 0.3 is 0 Å². The van der Waals surface area contributed by atoms with E-state index in [0.717, 1.165) is 0 Å². The van der Waals surface area contributed by atoms with Crippen LogP contribution in [0.5, 0.6) is 0 Å². The lowest BCUT2D eigenvalue weighted by atomic mass is 9.87. The monoisotopic (exact) mass is 260 g/mol. The van der Waals surface area contributed by atoms with E-state index in [2.05, 4.69) is 27.7 Å². The SMILES string of the molecule is CO[C@@H](CC(=O)C(C)(C)C)[C@H](C)SC(C)(C)C. The minimum Gasteiger partial charge on any atom is -0.380 e. The maximum absolute atomic E-state index is 12.0. The van der Waals surface area contributed by atoms with Gasteiger partial charge in [0.15, 0.2) is 0 Å². The quantitative estimate of drug-likeness (QED) is 0.749. The average Bonchev–Trinajstić information content (AvgIpc) is 2.08. The summed E-state index contributed by atoms with van der Waals surface area (Å²) in [5.74, 6) is 0.269. The summed E-state index contributed by atoms with van der Waals surface area (Å²) in [6.45, 7) is 14.6. The molecule has 0 aliphatic heterocycles. The molecule has 0 amide bonds. The fraction of sp³-hybridized carbons (Fsp3) is 0.929. The Kier molecular flexibility index (Phi) is 6.23. The molecule has 0 saturated carbocycles. The highest BCUT2D eigenvalue weighted by molar-refractivity contribution is 8.01. The Morgan fingerprint density at radius 3 is 1.94 bits per heavy atom. The van der Waals surface area contributed by atoms with E-state index in [1.807, 2.05) is 32.5 Å². The van der Waals surface area contributed by atoms with Gasteiger partial charge in [0, 0.05) is 28.9 Å². The molecule has 0 heterocycles. The van der Waals surface area contributed by atoms with Gasteiger partial charge in [0.25, 0.3) is 0 Å². The first kappa shape index (κ1) is 17.0. The number of hydrogen-bond donors (Lipinski definition) is 0. The number of ketones is 1. The van der Waals surface area contributed by atoms with Crippen LogP contribution in [0.2, 0.25) is 0 Å². The summed E-state index contributed by atoms with van der Waals surface area (Å²) in [6.07, 6.45) is 0.510. The highest BCUT2D eigenvalue weighted by Gasteiger charge is 2.29. The molecular weight excluding hydrogens is 232 g/mol. The second-order valence-electron chi connectivity index (χ2n) is 6.59. The molecule has 3 heteroatoms. The summed E-state index contributed by atoms with van der Waals surface area (Å²) in [4.78, 5) is 12.0. The van der Waals surface area contributed by atoms with Gasteiger partial charge in [-0.15, -0.1) is 0 Å². The molecule has 102 valence electrons. The van der Waals surface area contributed by atoms with Crippen molar-refractivity contribution in [3.63, 3.8) is 0 Å². The van der Waals surface area contributed by atoms with Crippen LogP contribution in [0.3, 0.4) is 0 Å². The summed E-state index contributed by atoms with van der Waals surface area (Å²) < 4.78 is 5.68. The van der Waals surface area contributed by atoms with E-state index >= 15 is 0 Å². The minimum atomic E-state index is -0.275. The molecule has 0 aromatic carbocycles. The zero-order chi connectivity index (χ0) is 13.9. The molecule has 0 rings (SSSR count). The lowest BCUT2D eigenvalue weighted by Crippen LogP contribution is -2.33. The molecule has 0 aliphatic rings. The van der Waals surface area contributed by atoms with Crippen molar-refractivity contribution in [2.75, 3.05) is 7.11 Å². The Labute approximate surface area is 111 Å². The third kappa shape index (κ3) is 7.10. The Hall–Kier alpha value is -0.0200. The van der Waals surface area contributed by atoms with Crippen LogP contribution in [0.1, 0.15) is 54.9 Å². The molecule has 0 radical (unpaired) electrons. The van der Waals surface area contributed by atoms with Gasteiger partial charge in [0.05, 0.1) is 6.10 Å². The summed E-state index contributed by atoms with van der Waals surface area (Å²) in [5, 5.41) is 0.325. The molecular formula is C14H28O2S. The summed E-state index contributed by atoms with van der Waals surface area (Å²) in [7, 11) is 1.69. The van der Waals surface area contributed by atoms with Gasteiger partial charge in [-0.05, 0) is 0 Å². The highest BCUT2D eigenvalue weighted by atomic mass is 32.2. The number of carbonyl (C=O) groups excluding carboxylic acids is 1. The standard InChI is InChI=1S/C14H28O2S/c1-10(17-14(5,6)7)11(16-8)9-12(15)13(2,3)4/h10-11H,9H2,1-8H3/t10-,11-/m0/s1. The minimum absolute atomic E-state index is 0.00551. The maximum atomic E-state index is 12.0. The van der Waals surface area contributed by atoms with Crippen LogP contribution in [-0.4, -0.2) is 29.0 Å². The first-order valence-electron chi connectivity index (χ1n) is 6.21. The largest absolute Gasteiger partial charge is 0.380 e. The smallest absolute Gasteiger partial charge is 0.140 e. The van der Waals surface area contributed by atoms with Gasteiger partial charge in [-0.25, -0.2) is 0 Å². The van der Waals surface area contributed by atoms with Gasteiger partial charge in [-0.1, -0.05) is 48.5 Å². The molecule has 0 fully saturated rings. The van der Waals surface area contributed by atoms with Crippen LogP contribution < -0.4 is 0 Å². The van der Waals surface area contributed by atoms with E-state index in [-0.39, 0.29) is 22.0 Å². The molecule has 0 saturated heterocycles. The van der Waals surface area contributed by atoms with Crippen LogP contribution in [0.4, 0.5) is 0 Å². The average molecular weight is 260 g/mol. The van der Waals surface area contributed by atoms with Crippen molar-refractivity contribution in [2.45, 2.75) is 71.0 Å². The topological polar surface area (TPSA) is 26.3 Å². The van der Waals surface area contributed by atoms with Crippen LogP contribution >= 0.6 is 11.8 Å². The predicted octanol–water partition coefficient (Wildman–Crippen LogP) is 3.93. The summed E-state index contributed by atoms with van der Waals surface area (Å²) in [5.41, 5.74) is -0.275. The van der Waals surface area contributed by atoms with E-state index < -0.39 is 0 Å². The summed E-state index contributed by atoms with van der Waals surface area (Å²) >= 11 is 1.86. The van der Waals surface area contributed by atoms with Gasteiger partial charge in [0.1, 0.15) is 5.78 Å². The molecule has 0 aliphatic carbocycles. The van der Waals surface area contributed by atoms with E-state index in [4.69, 9.17) is 4.74 Å². The number of methoxy groups -OCH3 is 1. The van der Waals surface area contributed by atoms with Crippen LogP contribution in [0.25, 0.3) is 0 Å². The molecule has 2 atom stereocenters. The fourth-order valence-electron chi connectivity index (χ4n) is 1.56. The molecule has 2 nitrogen and oxygen atoms in total. The van der Waals surface area contributed by atoms with Crippen molar-refractivity contribution in [3.8, 4) is 0 Å². The second-order valence-corrected chi connectivity index (χ2v) is 8.79. The van der Waals surface area contributed by atoms with Crippen molar-refractivity contribution < 1.29 is 9.53 Å². The van der Waals surface area contributed by atoms with Gasteiger partial charge in [0.2, 0.25) is 0 Å². The Balaban J connectivity index is 4.49. The van der Waals surface area contributed by atoms with Crippen molar-refractivity contribution in [1.29, 1.82) is 0 Å². The molecule has 0 spiro atoms. The lowest BCUT2D eigenvalue weighted by molar-refractivity contribution is -0.128. The molecule has 0 unspecified atom stereocenters. The molecule has 0 aromatic heterocycles. The number of thioether (sulfide) groups is 1. The Morgan fingerprint density at radius 2 is 1.65 bits per heavy atom. The Morgan fingerprint density at radius 1 is 1.18 bits per heavy atom. The lowest BCUT2D eigenvalue weighted by Gasteiger charge is -2.29. The highest BCUT2D eigenvalue weighted by Crippen LogP contribution is 2.32. The first-order valence-corrected chi connectivity index (χ1v) is 7.09. The van der Waals surface area contributed by atoms with Crippen molar-refractivity contribution in [3.05, 3.63) is 0 Å². The van der Waals surface area contributed by atoms with E-state index in [1.165, 1.54) is 0 Å². The number of carbonyl (C=O) groups is 1. The van der Waals surface area contributed by atoms with Gasteiger partial charge < -0.3 is 4.74 Å². The maximum Gasteiger partial charge on any atom is 0.140 e. The van der Waals surface area contributed by atoms with Crippen LogP contribution in [0, 0.1) is 5.41 Å². The van der Waals surface area contributed by atoms with Gasteiger partial charge in [-0.2, -0.15) is 11.8 Å². The first-order chi connectivity index (χ1) is 7.47. The number of hydrogen-bond acceptors (Lipinski definition) is 3. The fourth-order valence-corrected chi connectivity index (χ4v) is 3.04. The van der Waals surface area contributed by atoms with E-state index in [1.54, 1.807) is 7.11 Å². The molecule has 17 heavy (non-hydrogen) atoms. The zero-order valence-electron chi connectivity index (χ0n) is 12.6. The Bertz CT molecular complexity index is 248. The van der Waals surface area contributed by atoms with E-state index in [9.17, 15) is 4.79 Å². The molecule has 0 bridgehead atoms. The summed E-state index contributed by atoms with van der Waals surface area (Å²) in [6, 6.07) is 0. The predicted molar refractivity (Wildman–Crippen MR) is 76.7 cm³/mol. The molecule has 0 N–H and O–H groups in total. The third-order valence-electron chi connectivity index (χ3n) is 2.59. The van der Waals surface area contributed by atoms with Crippen molar-refractivity contribution in [1.82, 2.24) is 0 Å². The van der Waals surface area contributed by atoms with Crippen LogP contribution in [-0.2, 0) is 9.53 Å². The van der Waals surface area contributed by atoms with Gasteiger partial charge in [-0.3, -0.25) is 4.79 Å². The van der Waals surface area contributed by atoms with Crippen molar-refractivity contribution in [2.24, 2.45) is 5.41 Å². The second kappa shape index (κ2) is 6.24. The van der Waals surface area contributed by atoms with Crippen LogP contribution in [0.15, 0.2) is 0 Å². The molecule has 0 aromatic rings. The normalized spacial score (nSPS) is 16.7. The van der Waals surface area contributed by atoms with E-state index in [0.29, 0.717) is 11.7 Å². The number of rotatable bonds is 5. The number of ether oxygens (including phenoxy) is 1. The zero-order valence-corrected chi connectivity index (χ0v) is 13.4. The number of Topliss-reactive ketones (excluding diaryl/α,β-unsaturated/α-hetero) is 1. The third-order valence-corrected chi connectivity index (χ3v) is 3.97.